The van der Waals surface area contributed by atoms with E-state index in [1.54, 1.807) is 0 Å². The monoisotopic (exact) mass is 429 g/mol. The molecule has 2 bridgehead atoms. The highest BCUT2D eigenvalue weighted by molar-refractivity contribution is 6.30. The number of nitrogens with zero attached hydrogens (tertiary/aromatic N) is 1. The Balaban J connectivity index is 1.26. The zero-order valence-electron chi connectivity index (χ0n) is 16.6. The Kier molecular flexibility index (Phi) is 6.35. The molecule has 158 valence electrons. The van der Waals surface area contributed by atoms with Crippen molar-refractivity contribution in [1.29, 1.82) is 0 Å². The first-order valence-electron chi connectivity index (χ1n) is 10.3. The number of halogens is 2. The fraction of sp³-hybridized carbons (Fsp3) is 0.391. The fourth-order valence-corrected chi connectivity index (χ4v) is 4.75. The van der Waals surface area contributed by atoms with E-state index in [0.717, 1.165) is 43.3 Å². The second-order valence-electron chi connectivity index (χ2n) is 8.11. The number of hydrogen-bond donors (Lipinski definition) is 2. The summed E-state index contributed by atoms with van der Waals surface area (Å²) in [6.07, 6.45) is 4.10. The zero-order chi connectivity index (χ0) is 21.1. The lowest BCUT2D eigenvalue weighted by Gasteiger charge is -2.39. The van der Waals surface area contributed by atoms with Gasteiger partial charge in [-0.1, -0.05) is 29.8 Å². The van der Waals surface area contributed by atoms with Crippen molar-refractivity contribution < 1.29 is 14.0 Å². The molecule has 2 heterocycles. The van der Waals surface area contributed by atoms with E-state index in [1.807, 2.05) is 12.1 Å². The maximum atomic E-state index is 13.2. The van der Waals surface area contributed by atoms with Crippen LogP contribution in [0.3, 0.4) is 0 Å². The third-order valence-electron chi connectivity index (χ3n) is 6.02. The summed E-state index contributed by atoms with van der Waals surface area (Å²) in [6, 6.07) is 14.4. The van der Waals surface area contributed by atoms with Gasteiger partial charge in [0.05, 0.1) is 6.54 Å². The largest absolute Gasteiger partial charge is 0.352 e. The quantitative estimate of drug-likeness (QED) is 0.738. The van der Waals surface area contributed by atoms with Gasteiger partial charge in [0, 0.05) is 35.3 Å². The zero-order valence-corrected chi connectivity index (χ0v) is 17.4. The molecule has 2 aromatic carbocycles. The van der Waals surface area contributed by atoms with Gasteiger partial charge in [-0.2, -0.15) is 0 Å². The lowest BCUT2D eigenvalue weighted by molar-refractivity contribution is -0.121. The maximum Gasteiger partial charge on any atom is 0.251 e. The minimum atomic E-state index is -0.479. The van der Waals surface area contributed by atoms with E-state index < -0.39 is 11.7 Å². The number of rotatable bonds is 6. The van der Waals surface area contributed by atoms with Crippen LogP contribution in [0.4, 0.5) is 4.39 Å². The second kappa shape index (κ2) is 9.14. The lowest BCUT2D eigenvalue weighted by atomic mass is 9.96. The summed E-state index contributed by atoms with van der Waals surface area (Å²) in [4.78, 5) is 26.9. The lowest BCUT2D eigenvalue weighted by Crippen LogP contribution is -2.51. The van der Waals surface area contributed by atoms with E-state index in [0.29, 0.717) is 12.1 Å². The van der Waals surface area contributed by atoms with Gasteiger partial charge < -0.3 is 10.6 Å². The van der Waals surface area contributed by atoms with E-state index in [4.69, 9.17) is 11.6 Å². The van der Waals surface area contributed by atoms with Crippen LogP contribution < -0.4 is 10.6 Å². The molecule has 3 atom stereocenters. The number of carbonyl (C=O) groups is 2. The minimum Gasteiger partial charge on any atom is -0.352 e. The van der Waals surface area contributed by atoms with Gasteiger partial charge in [0.1, 0.15) is 5.82 Å². The molecule has 0 radical (unpaired) electrons. The Bertz CT molecular complexity index is 907. The van der Waals surface area contributed by atoms with E-state index >= 15 is 0 Å². The van der Waals surface area contributed by atoms with Crippen LogP contribution in [0.1, 0.15) is 41.6 Å². The Labute approximate surface area is 180 Å². The molecule has 0 aromatic heterocycles. The number of nitrogens with one attached hydrogen (secondary N) is 2. The van der Waals surface area contributed by atoms with Crippen molar-refractivity contribution in [3.63, 3.8) is 0 Å². The van der Waals surface area contributed by atoms with Crippen LogP contribution in [0.15, 0.2) is 48.5 Å². The van der Waals surface area contributed by atoms with Crippen molar-refractivity contribution in [2.24, 2.45) is 0 Å². The van der Waals surface area contributed by atoms with E-state index in [1.165, 1.54) is 23.8 Å². The molecule has 7 heteroatoms. The molecule has 4 rings (SSSR count). The molecule has 2 aliphatic rings. The summed E-state index contributed by atoms with van der Waals surface area (Å²) in [5.41, 5.74) is 1.45. The molecule has 5 nitrogen and oxygen atoms in total. The number of piperidine rings is 1. The van der Waals surface area contributed by atoms with Gasteiger partial charge in [-0.15, -0.1) is 0 Å². The average molecular weight is 430 g/mol. The third kappa shape index (κ3) is 4.99. The highest BCUT2D eigenvalue weighted by Gasteiger charge is 2.40. The summed E-state index contributed by atoms with van der Waals surface area (Å²) >= 11 is 5.98. The summed E-state index contributed by atoms with van der Waals surface area (Å²) in [5.74, 6) is -1.15. The number of hydrogen-bond acceptors (Lipinski definition) is 3. The first-order valence-corrected chi connectivity index (χ1v) is 10.7. The molecule has 2 saturated heterocycles. The van der Waals surface area contributed by atoms with Gasteiger partial charge in [-0.3, -0.25) is 14.5 Å². The van der Waals surface area contributed by atoms with Crippen molar-refractivity contribution in [2.75, 3.05) is 6.54 Å². The van der Waals surface area contributed by atoms with Crippen molar-refractivity contribution in [2.45, 2.75) is 50.4 Å². The van der Waals surface area contributed by atoms with Crippen LogP contribution in [-0.4, -0.2) is 41.4 Å². The first-order chi connectivity index (χ1) is 14.5. The molecule has 2 aliphatic heterocycles. The summed E-state index contributed by atoms with van der Waals surface area (Å²) < 4.78 is 13.2. The van der Waals surface area contributed by atoms with Gasteiger partial charge in [-0.25, -0.2) is 4.39 Å². The number of benzene rings is 2. The molecular formula is C23H25ClFN3O2. The number of fused-ring (bicyclic) bond motifs is 2. The van der Waals surface area contributed by atoms with Crippen LogP contribution in [0, 0.1) is 5.82 Å². The standard InChI is InChI=1S/C23H25ClFN3O2/c24-17-6-4-15(5-7-17)14-28-20-8-9-21(28)12-19(11-20)27-22(29)13-26-23(30)16-2-1-3-18(25)10-16/h1-7,10,19-21H,8-9,11-14H2,(H,26,30)(H,27,29)/t19-,20+,21-. The Hall–Kier alpha value is -2.44. The Morgan fingerprint density at radius 1 is 1.07 bits per heavy atom. The predicted molar refractivity (Wildman–Crippen MR) is 114 cm³/mol. The molecule has 0 spiro atoms. The van der Waals surface area contributed by atoms with Crippen molar-refractivity contribution in [1.82, 2.24) is 15.5 Å². The van der Waals surface area contributed by atoms with E-state index in [-0.39, 0.29) is 24.1 Å². The molecule has 0 unspecified atom stereocenters. The van der Waals surface area contributed by atoms with Gasteiger partial charge in [0.25, 0.3) is 5.91 Å². The van der Waals surface area contributed by atoms with Crippen LogP contribution in [0.2, 0.25) is 5.02 Å². The molecule has 2 amide bonds. The summed E-state index contributed by atoms with van der Waals surface area (Å²) in [5, 5.41) is 6.36. The second-order valence-corrected chi connectivity index (χ2v) is 8.55. The van der Waals surface area contributed by atoms with Gasteiger partial charge in [0.2, 0.25) is 5.91 Å². The normalized spacial score (nSPS) is 23.2. The maximum absolute atomic E-state index is 13.2. The SMILES string of the molecule is O=C(CNC(=O)c1cccc(F)c1)N[C@H]1C[C@H]2CC[C@@H](C1)N2Cc1ccc(Cl)cc1. The predicted octanol–water partition coefficient (Wildman–Crippen LogP) is 3.52. The third-order valence-corrected chi connectivity index (χ3v) is 6.28. The van der Waals surface area contributed by atoms with Crippen LogP contribution in [0.5, 0.6) is 0 Å². The molecule has 30 heavy (non-hydrogen) atoms. The summed E-state index contributed by atoms with van der Waals surface area (Å²) in [6.45, 7) is 0.784. The Morgan fingerprint density at radius 3 is 2.43 bits per heavy atom. The van der Waals surface area contributed by atoms with Crippen LogP contribution >= 0.6 is 11.6 Å². The molecular weight excluding hydrogens is 405 g/mol. The number of amides is 2. The van der Waals surface area contributed by atoms with Gasteiger partial charge in [-0.05, 0) is 61.6 Å². The molecule has 2 fully saturated rings. The highest BCUT2D eigenvalue weighted by Crippen LogP contribution is 2.36. The van der Waals surface area contributed by atoms with E-state index in [9.17, 15) is 14.0 Å². The number of carbonyl (C=O) groups excluding carboxylic acids is 2. The van der Waals surface area contributed by atoms with E-state index in [2.05, 4.69) is 27.7 Å². The average Bonchev–Trinajstić information content (AvgIpc) is 2.95. The van der Waals surface area contributed by atoms with Gasteiger partial charge in [0.15, 0.2) is 0 Å². The Morgan fingerprint density at radius 2 is 1.77 bits per heavy atom. The van der Waals surface area contributed by atoms with Gasteiger partial charge >= 0.3 is 0 Å². The van der Waals surface area contributed by atoms with Crippen molar-refractivity contribution in [3.8, 4) is 0 Å². The summed E-state index contributed by atoms with van der Waals surface area (Å²) in [7, 11) is 0. The van der Waals surface area contributed by atoms with Crippen LogP contribution in [0.25, 0.3) is 0 Å². The molecule has 0 aliphatic carbocycles. The molecule has 0 saturated carbocycles. The first kappa shape index (κ1) is 20.8. The topological polar surface area (TPSA) is 61.4 Å². The molecule has 2 N–H and O–H groups in total. The van der Waals surface area contributed by atoms with Crippen molar-refractivity contribution in [3.05, 3.63) is 70.5 Å². The highest BCUT2D eigenvalue weighted by atomic mass is 35.5. The minimum absolute atomic E-state index is 0.113. The smallest absolute Gasteiger partial charge is 0.251 e. The van der Waals surface area contributed by atoms with Crippen LogP contribution in [-0.2, 0) is 11.3 Å². The fourth-order valence-electron chi connectivity index (χ4n) is 4.62. The molecule has 2 aromatic rings. The van der Waals surface area contributed by atoms with Crippen molar-refractivity contribution >= 4 is 23.4 Å².